The van der Waals surface area contributed by atoms with E-state index in [4.69, 9.17) is 23.2 Å². The normalized spacial score (nSPS) is 14.2. The SMILES string of the molecule is O=C(CC(c1ccccc1)c1ccccc1)N1CCN(c2ncc(Cl)cc2Cl)CC1. The number of hydrogen-bond donors (Lipinski definition) is 0. The van der Waals surface area contributed by atoms with E-state index in [2.05, 4.69) is 34.1 Å². The van der Waals surface area contributed by atoms with E-state index in [1.165, 1.54) is 0 Å². The fraction of sp³-hybridized carbons (Fsp3) is 0.250. The average Bonchev–Trinajstić information content (AvgIpc) is 2.79. The summed E-state index contributed by atoms with van der Waals surface area (Å²) in [5, 5.41) is 1.06. The zero-order valence-corrected chi connectivity index (χ0v) is 18.1. The van der Waals surface area contributed by atoms with Crippen molar-refractivity contribution in [2.24, 2.45) is 0 Å². The van der Waals surface area contributed by atoms with Crippen molar-refractivity contribution in [3.63, 3.8) is 0 Å². The molecule has 1 amide bonds. The third-order valence-electron chi connectivity index (χ3n) is 5.50. The first-order valence-electron chi connectivity index (χ1n) is 10.1. The first-order chi connectivity index (χ1) is 14.6. The smallest absolute Gasteiger partial charge is 0.223 e. The summed E-state index contributed by atoms with van der Waals surface area (Å²) in [6.45, 7) is 2.69. The lowest BCUT2D eigenvalue weighted by Gasteiger charge is -2.36. The monoisotopic (exact) mass is 439 g/mol. The number of carbonyl (C=O) groups is 1. The highest BCUT2D eigenvalue weighted by Gasteiger charge is 2.26. The fourth-order valence-corrected chi connectivity index (χ4v) is 4.41. The van der Waals surface area contributed by atoms with E-state index >= 15 is 0 Å². The second-order valence-corrected chi connectivity index (χ2v) is 8.25. The van der Waals surface area contributed by atoms with E-state index in [9.17, 15) is 4.79 Å². The number of aromatic nitrogens is 1. The Hall–Kier alpha value is -2.56. The van der Waals surface area contributed by atoms with Crippen LogP contribution in [0.25, 0.3) is 0 Å². The van der Waals surface area contributed by atoms with Crippen LogP contribution >= 0.6 is 23.2 Å². The van der Waals surface area contributed by atoms with Crippen LogP contribution in [0.4, 0.5) is 5.82 Å². The molecule has 1 aliphatic rings. The molecule has 0 radical (unpaired) electrons. The first-order valence-corrected chi connectivity index (χ1v) is 10.8. The third kappa shape index (κ3) is 4.77. The Labute approximate surface area is 187 Å². The molecule has 3 aromatic rings. The number of pyridine rings is 1. The molecule has 2 heterocycles. The van der Waals surface area contributed by atoms with Crippen LogP contribution in [0, 0.1) is 0 Å². The predicted octanol–water partition coefficient (Wildman–Crippen LogP) is 5.26. The van der Waals surface area contributed by atoms with Gasteiger partial charge in [-0.05, 0) is 17.2 Å². The fourth-order valence-electron chi connectivity index (χ4n) is 3.91. The zero-order valence-electron chi connectivity index (χ0n) is 16.5. The lowest BCUT2D eigenvalue weighted by molar-refractivity contribution is -0.131. The lowest BCUT2D eigenvalue weighted by Crippen LogP contribution is -2.49. The third-order valence-corrected chi connectivity index (χ3v) is 5.99. The highest BCUT2D eigenvalue weighted by Crippen LogP contribution is 2.30. The van der Waals surface area contributed by atoms with Gasteiger partial charge in [-0.1, -0.05) is 83.9 Å². The number of hydrogen-bond acceptors (Lipinski definition) is 3. The summed E-state index contributed by atoms with van der Waals surface area (Å²) in [5.41, 5.74) is 2.32. The predicted molar refractivity (Wildman–Crippen MR) is 122 cm³/mol. The number of nitrogens with zero attached hydrogens (tertiary/aromatic N) is 3. The van der Waals surface area contributed by atoms with Gasteiger partial charge in [0.05, 0.1) is 10.0 Å². The molecule has 0 saturated carbocycles. The van der Waals surface area contributed by atoms with Gasteiger partial charge in [-0.15, -0.1) is 0 Å². The molecule has 4 rings (SSSR count). The molecule has 0 unspecified atom stereocenters. The van der Waals surface area contributed by atoms with E-state index in [1.807, 2.05) is 41.3 Å². The van der Waals surface area contributed by atoms with Gasteiger partial charge in [0, 0.05) is 44.7 Å². The summed E-state index contributed by atoms with van der Waals surface area (Å²) in [6.07, 6.45) is 2.05. The molecule has 154 valence electrons. The number of piperazine rings is 1. The van der Waals surface area contributed by atoms with Crippen molar-refractivity contribution in [1.82, 2.24) is 9.88 Å². The minimum Gasteiger partial charge on any atom is -0.352 e. The first kappa shape index (κ1) is 20.7. The van der Waals surface area contributed by atoms with Crippen LogP contribution in [-0.2, 0) is 4.79 Å². The Morgan fingerprint density at radius 1 is 0.900 bits per heavy atom. The molecule has 6 heteroatoms. The van der Waals surface area contributed by atoms with Gasteiger partial charge in [0.15, 0.2) is 0 Å². The minimum absolute atomic E-state index is 0.0466. The van der Waals surface area contributed by atoms with Gasteiger partial charge in [-0.2, -0.15) is 0 Å². The number of carbonyl (C=O) groups excluding carboxylic acids is 1. The van der Waals surface area contributed by atoms with E-state index in [0.717, 1.165) is 16.9 Å². The standard InChI is InChI=1S/C24H23Cl2N3O/c25-20-15-22(26)24(27-17-20)29-13-11-28(12-14-29)23(30)16-21(18-7-3-1-4-8-18)19-9-5-2-6-10-19/h1-10,15,17,21H,11-14,16H2. The largest absolute Gasteiger partial charge is 0.352 e. The van der Waals surface area contributed by atoms with Crippen molar-refractivity contribution >= 4 is 34.9 Å². The second-order valence-electron chi connectivity index (χ2n) is 7.40. The van der Waals surface area contributed by atoms with Crippen molar-refractivity contribution in [3.05, 3.63) is 94.1 Å². The maximum Gasteiger partial charge on any atom is 0.223 e. The van der Waals surface area contributed by atoms with Crippen molar-refractivity contribution in [1.29, 1.82) is 0 Å². The van der Waals surface area contributed by atoms with E-state index in [-0.39, 0.29) is 11.8 Å². The van der Waals surface area contributed by atoms with Crippen molar-refractivity contribution < 1.29 is 4.79 Å². The molecule has 0 bridgehead atoms. The summed E-state index contributed by atoms with van der Waals surface area (Å²) in [4.78, 5) is 21.6. The Morgan fingerprint density at radius 2 is 1.47 bits per heavy atom. The Bertz CT molecular complexity index is 950. The highest BCUT2D eigenvalue weighted by atomic mass is 35.5. The van der Waals surface area contributed by atoms with Gasteiger partial charge in [0.1, 0.15) is 5.82 Å². The van der Waals surface area contributed by atoms with Gasteiger partial charge < -0.3 is 9.80 Å². The molecule has 1 aliphatic heterocycles. The molecule has 0 spiro atoms. The maximum absolute atomic E-state index is 13.2. The number of benzene rings is 2. The van der Waals surface area contributed by atoms with Gasteiger partial charge in [0.25, 0.3) is 0 Å². The van der Waals surface area contributed by atoms with E-state index < -0.39 is 0 Å². The second kappa shape index (κ2) is 9.50. The molecule has 0 aliphatic carbocycles. The minimum atomic E-state index is 0.0466. The van der Waals surface area contributed by atoms with Crippen molar-refractivity contribution in [2.75, 3.05) is 31.1 Å². The molecule has 0 atom stereocenters. The molecular weight excluding hydrogens is 417 g/mol. The molecular formula is C24H23Cl2N3O. The molecule has 1 aromatic heterocycles. The molecule has 30 heavy (non-hydrogen) atoms. The number of anilines is 1. The van der Waals surface area contributed by atoms with Crippen LogP contribution in [0.3, 0.4) is 0 Å². The Morgan fingerprint density at radius 3 is 2.00 bits per heavy atom. The summed E-state index contributed by atoms with van der Waals surface area (Å²) in [5.74, 6) is 0.937. The maximum atomic E-state index is 13.2. The van der Waals surface area contributed by atoms with Gasteiger partial charge in [-0.25, -0.2) is 4.98 Å². The van der Waals surface area contributed by atoms with Crippen LogP contribution in [0.15, 0.2) is 72.9 Å². The van der Waals surface area contributed by atoms with Gasteiger partial charge in [0.2, 0.25) is 5.91 Å². The van der Waals surface area contributed by atoms with Crippen LogP contribution in [0.5, 0.6) is 0 Å². The average molecular weight is 440 g/mol. The molecule has 1 saturated heterocycles. The molecule has 0 N–H and O–H groups in total. The number of halogens is 2. The summed E-state index contributed by atoms with van der Waals surface area (Å²) < 4.78 is 0. The van der Waals surface area contributed by atoms with Crippen LogP contribution in [0.1, 0.15) is 23.5 Å². The highest BCUT2D eigenvalue weighted by molar-refractivity contribution is 6.36. The van der Waals surface area contributed by atoms with Crippen molar-refractivity contribution in [2.45, 2.75) is 12.3 Å². The van der Waals surface area contributed by atoms with Crippen molar-refractivity contribution in [3.8, 4) is 0 Å². The van der Waals surface area contributed by atoms with E-state index in [0.29, 0.717) is 42.6 Å². The van der Waals surface area contributed by atoms with Crippen LogP contribution in [-0.4, -0.2) is 42.0 Å². The molecule has 1 fully saturated rings. The number of amides is 1. The summed E-state index contributed by atoms with van der Waals surface area (Å²) >= 11 is 12.2. The summed E-state index contributed by atoms with van der Waals surface area (Å²) in [6, 6.07) is 22.2. The molecule has 4 nitrogen and oxygen atoms in total. The van der Waals surface area contributed by atoms with Crippen LogP contribution < -0.4 is 4.90 Å². The molecule has 2 aromatic carbocycles. The number of rotatable bonds is 5. The Kier molecular flexibility index (Phi) is 6.56. The quantitative estimate of drug-likeness (QED) is 0.543. The topological polar surface area (TPSA) is 36.4 Å². The van der Waals surface area contributed by atoms with Gasteiger partial charge >= 0.3 is 0 Å². The lowest BCUT2D eigenvalue weighted by atomic mass is 9.88. The van der Waals surface area contributed by atoms with Crippen LogP contribution in [0.2, 0.25) is 10.0 Å². The summed E-state index contributed by atoms with van der Waals surface area (Å²) in [7, 11) is 0. The Balaban J connectivity index is 1.44. The van der Waals surface area contributed by atoms with Gasteiger partial charge in [-0.3, -0.25) is 4.79 Å². The van der Waals surface area contributed by atoms with E-state index in [1.54, 1.807) is 12.3 Å². The zero-order chi connectivity index (χ0) is 20.9.